The summed E-state index contributed by atoms with van der Waals surface area (Å²) in [6, 6.07) is 14.9. The van der Waals surface area contributed by atoms with Crippen molar-refractivity contribution in [1.82, 2.24) is 19.4 Å². The first-order valence-corrected chi connectivity index (χ1v) is 14.1. The van der Waals surface area contributed by atoms with Crippen molar-refractivity contribution in [2.75, 3.05) is 6.54 Å². The summed E-state index contributed by atoms with van der Waals surface area (Å²) in [5, 5.41) is 2.27. The molecule has 1 aliphatic carbocycles. The van der Waals surface area contributed by atoms with Gasteiger partial charge in [-0.1, -0.05) is 44.0 Å². The minimum atomic E-state index is -0.533. The van der Waals surface area contributed by atoms with Crippen LogP contribution in [-0.4, -0.2) is 37.6 Å². The number of hydrogen-bond donors (Lipinski definition) is 0. The number of carbonyl (C=O) groups excluding carboxylic acids is 1. The summed E-state index contributed by atoms with van der Waals surface area (Å²) in [6.45, 7) is 9.85. The van der Waals surface area contributed by atoms with Crippen molar-refractivity contribution in [1.29, 1.82) is 0 Å². The molecule has 200 valence electrons. The summed E-state index contributed by atoms with van der Waals surface area (Å²) in [7, 11) is 0. The molecule has 0 saturated carbocycles. The number of para-hydroxylation sites is 1. The van der Waals surface area contributed by atoms with Crippen LogP contribution in [0.25, 0.3) is 21.8 Å². The summed E-state index contributed by atoms with van der Waals surface area (Å²) in [6.07, 6.45) is 10.8. The molecule has 0 bridgehead atoms. The first kappa shape index (κ1) is 26.4. The minimum Gasteiger partial charge on any atom is -0.459 e. The quantitative estimate of drug-likeness (QED) is 0.179. The van der Waals surface area contributed by atoms with Crippen LogP contribution in [0.4, 0.5) is 0 Å². The number of pyridine rings is 2. The van der Waals surface area contributed by atoms with E-state index >= 15 is 0 Å². The van der Waals surface area contributed by atoms with Crippen LogP contribution in [0.15, 0.2) is 54.9 Å². The molecular weight excluding hydrogens is 472 g/mol. The van der Waals surface area contributed by atoms with E-state index < -0.39 is 5.60 Å². The molecule has 0 radical (unpaired) electrons. The Kier molecular flexibility index (Phi) is 7.80. The van der Waals surface area contributed by atoms with E-state index in [1.54, 1.807) is 0 Å². The monoisotopic (exact) mass is 512 g/mol. The van der Waals surface area contributed by atoms with Crippen molar-refractivity contribution in [3.8, 4) is 0 Å². The summed E-state index contributed by atoms with van der Waals surface area (Å²) in [5.41, 5.74) is 5.11. The van der Waals surface area contributed by atoms with Crippen molar-refractivity contribution >= 4 is 27.8 Å². The zero-order valence-corrected chi connectivity index (χ0v) is 23.2. The van der Waals surface area contributed by atoms with Gasteiger partial charge in [0.25, 0.3) is 0 Å². The lowest BCUT2D eigenvalue weighted by Crippen LogP contribution is -2.33. The fraction of sp³-hybridized carbons (Fsp3) is 0.469. The number of hydrogen-bond acceptors (Lipinski definition) is 5. The first-order chi connectivity index (χ1) is 18.4. The summed E-state index contributed by atoms with van der Waals surface area (Å²) >= 11 is 0. The third-order valence-corrected chi connectivity index (χ3v) is 7.47. The van der Waals surface area contributed by atoms with E-state index in [-0.39, 0.29) is 18.6 Å². The van der Waals surface area contributed by atoms with Crippen molar-refractivity contribution < 1.29 is 9.53 Å². The Balaban J connectivity index is 1.57. The van der Waals surface area contributed by atoms with Crippen LogP contribution < -0.4 is 0 Å². The number of aromatic nitrogens is 3. The van der Waals surface area contributed by atoms with Gasteiger partial charge in [-0.3, -0.25) is 19.7 Å². The first-order valence-electron chi connectivity index (χ1n) is 14.1. The van der Waals surface area contributed by atoms with Gasteiger partial charge in [0.05, 0.1) is 22.9 Å². The summed E-state index contributed by atoms with van der Waals surface area (Å²) in [4.78, 5) is 25.4. The Hall–Kier alpha value is -3.25. The SMILES string of the molecule is CCCCCN(Cc1nccc2c3ccccc3n(CC(=O)OC(C)(C)C)c12)C1CCCc2cccnc21. The second kappa shape index (κ2) is 11.2. The third kappa shape index (κ3) is 5.60. The molecule has 0 aliphatic heterocycles. The molecule has 3 heterocycles. The van der Waals surface area contributed by atoms with Gasteiger partial charge < -0.3 is 9.30 Å². The molecule has 0 saturated heterocycles. The lowest BCUT2D eigenvalue weighted by atomic mass is 9.90. The zero-order valence-electron chi connectivity index (χ0n) is 23.2. The minimum absolute atomic E-state index is 0.156. The highest BCUT2D eigenvalue weighted by Gasteiger charge is 2.29. The van der Waals surface area contributed by atoms with Gasteiger partial charge >= 0.3 is 5.97 Å². The van der Waals surface area contributed by atoms with E-state index in [1.165, 1.54) is 30.5 Å². The van der Waals surface area contributed by atoms with Crippen molar-refractivity contribution in [2.24, 2.45) is 0 Å². The average molecular weight is 513 g/mol. The van der Waals surface area contributed by atoms with Crippen LogP contribution in [0, 0.1) is 0 Å². The molecule has 5 rings (SSSR count). The van der Waals surface area contributed by atoms with E-state index in [1.807, 2.05) is 39.2 Å². The molecule has 1 aliphatic rings. The van der Waals surface area contributed by atoms with Crippen LogP contribution >= 0.6 is 0 Å². The third-order valence-electron chi connectivity index (χ3n) is 7.47. The van der Waals surface area contributed by atoms with E-state index in [0.717, 1.165) is 53.3 Å². The second-order valence-corrected chi connectivity index (χ2v) is 11.5. The Bertz CT molecular complexity index is 1420. The predicted molar refractivity (Wildman–Crippen MR) is 153 cm³/mol. The average Bonchev–Trinajstić information content (AvgIpc) is 3.21. The molecule has 1 aromatic carbocycles. The number of rotatable bonds is 9. The number of carbonyl (C=O) groups is 1. The Morgan fingerprint density at radius 3 is 2.71 bits per heavy atom. The van der Waals surface area contributed by atoms with E-state index in [9.17, 15) is 4.79 Å². The fourth-order valence-corrected chi connectivity index (χ4v) is 5.90. The van der Waals surface area contributed by atoms with Crippen LogP contribution in [-0.2, 0) is 29.0 Å². The smallest absolute Gasteiger partial charge is 0.326 e. The van der Waals surface area contributed by atoms with Gasteiger partial charge in [-0.2, -0.15) is 0 Å². The predicted octanol–water partition coefficient (Wildman–Crippen LogP) is 7.00. The van der Waals surface area contributed by atoms with Gasteiger partial charge in [0, 0.05) is 35.2 Å². The molecule has 1 atom stereocenters. The number of fused-ring (bicyclic) bond motifs is 4. The number of esters is 1. The van der Waals surface area contributed by atoms with Crippen LogP contribution in [0.1, 0.15) is 82.8 Å². The summed E-state index contributed by atoms with van der Waals surface area (Å²) in [5.74, 6) is -0.236. The lowest BCUT2D eigenvalue weighted by molar-refractivity contribution is -0.155. The molecule has 6 heteroatoms. The Morgan fingerprint density at radius 2 is 1.89 bits per heavy atom. The second-order valence-electron chi connectivity index (χ2n) is 11.5. The van der Waals surface area contributed by atoms with Gasteiger partial charge in [0.2, 0.25) is 0 Å². The Labute approximate surface area is 226 Å². The highest BCUT2D eigenvalue weighted by Crippen LogP contribution is 2.36. The van der Waals surface area contributed by atoms with Gasteiger partial charge in [-0.05, 0) is 76.8 Å². The number of nitrogens with zero attached hydrogens (tertiary/aromatic N) is 4. The maximum atomic E-state index is 13.0. The van der Waals surface area contributed by atoms with Crippen molar-refractivity contribution in [3.05, 3.63) is 71.8 Å². The van der Waals surface area contributed by atoms with Crippen LogP contribution in [0.5, 0.6) is 0 Å². The molecule has 0 spiro atoms. The molecule has 4 aromatic rings. The van der Waals surface area contributed by atoms with Gasteiger partial charge in [-0.15, -0.1) is 0 Å². The largest absolute Gasteiger partial charge is 0.459 e. The molecule has 0 N–H and O–H groups in total. The molecule has 38 heavy (non-hydrogen) atoms. The topological polar surface area (TPSA) is 60.2 Å². The highest BCUT2D eigenvalue weighted by atomic mass is 16.6. The van der Waals surface area contributed by atoms with E-state index in [4.69, 9.17) is 14.7 Å². The summed E-state index contributed by atoms with van der Waals surface area (Å²) < 4.78 is 7.84. The lowest BCUT2D eigenvalue weighted by Gasteiger charge is -2.35. The fourth-order valence-electron chi connectivity index (χ4n) is 5.90. The standard InChI is InChI=1S/C32H40N4O2/c1-5-6-9-20-35(28-16-10-12-23-13-11-18-34-30(23)28)21-26-31-25(17-19-33-26)24-14-7-8-15-27(24)36(31)22-29(37)38-32(2,3)4/h7-8,11,13-15,17-19,28H,5-6,9-10,12,16,20-22H2,1-4H3. The van der Waals surface area contributed by atoms with Gasteiger partial charge in [0.1, 0.15) is 12.1 Å². The molecule has 3 aromatic heterocycles. The van der Waals surface area contributed by atoms with E-state index in [0.29, 0.717) is 6.54 Å². The zero-order chi connectivity index (χ0) is 26.7. The Morgan fingerprint density at radius 1 is 1.05 bits per heavy atom. The van der Waals surface area contributed by atoms with Crippen molar-refractivity contribution in [3.63, 3.8) is 0 Å². The normalized spacial score (nSPS) is 15.8. The maximum absolute atomic E-state index is 13.0. The van der Waals surface area contributed by atoms with Crippen LogP contribution in [0.3, 0.4) is 0 Å². The number of ether oxygens (including phenoxy) is 1. The molecule has 6 nitrogen and oxygen atoms in total. The number of benzene rings is 1. The number of unbranched alkanes of at least 4 members (excludes halogenated alkanes) is 2. The van der Waals surface area contributed by atoms with Gasteiger partial charge in [0.15, 0.2) is 0 Å². The molecular formula is C32H40N4O2. The van der Waals surface area contributed by atoms with Gasteiger partial charge in [-0.25, -0.2) is 0 Å². The molecule has 1 unspecified atom stereocenters. The molecule has 0 fully saturated rings. The number of aryl methyl sites for hydroxylation is 1. The maximum Gasteiger partial charge on any atom is 0.326 e. The van der Waals surface area contributed by atoms with Crippen LogP contribution in [0.2, 0.25) is 0 Å². The van der Waals surface area contributed by atoms with E-state index in [2.05, 4.69) is 52.8 Å². The molecule has 0 amide bonds. The highest BCUT2D eigenvalue weighted by molar-refractivity contribution is 6.09. The van der Waals surface area contributed by atoms with Crippen molar-refractivity contribution in [2.45, 2.75) is 91.0 Å².